The Hall–Kier alpha value is -1.81. The summed E-state index contributed by atoms with van der Waals surface area (Å²) < 4.78 is 3.30. The molecule has 0 spiro atoms. The molecule has 123 valence electrons. The van der Waals surface area contributed by atoms with Gasteiger partial charge in [0.15, 0.2) is 0 Å². The summed E-state index contributed by atoms with van der Waals surface area (Å²) in [6.45, 7) is 6.29. The summed E-state index contributed by atoms with van der Waals surface area (Å²) in [5.41, 5.74) is 5.63. The Balaban J connectivity index is 0.00000169. The van der Waals surface area contributed by atoms with Gasteiger partial charge in [-0.05, 0) is 42.1 Å². The molecule has 0 atom stereocenters. The van der Waals surface area contributed by atoms with E-state index in [9.17, 15) is 0 Å². The monoisotopic (exact) mass is 511 g/mol. The van der Waals surface area contributed by atoms with Crippen LogP contribution in [0.15, 0.2) is 42.7 Å². The van der Waals surface area contributed by atoms with Gasteiger partial charge in [-0.3, -0.25) is 9.97 Å². The van der Waals surface area contributed by atoms with Gasteiger partial charge in [-0.15, -0.1) is 23.8 Å². The van der Waals surface area contributed by atoms with Crippen LogP contribution < -0.4 is 0 Å². The molecule has 0 aliphatic rings. The van der Waals surface area contributed by atoms with E-state index in [0.29, 0.717) is 0 Å². The van der Waals surface area contributed by atoms with Crippen molar-refractivity contribution in [1.29, 1.82) is 0 Å². The summed E-state index contributed by atoms with van der Waals surface area (Å²) in [7, 11) is 0. The van der Waals surface area contributed by atoms with Crippen LogP contribution in [0.3, 0.4) is 0 Å². The molecule has 2 heterocycles. The van der Waals surface area contributed by atoms with Gasteiger partial charge < -0.3 is 4.57 Å². The van der Waals surface area contributed by atoms with E-state index in [4.69, 9.17) is 0 Å². The smallest absolute Gasteiger partial charge is 0.0796 e. The van der Waals surface area contributed by atoms with Crippen molar-refractivity contribution in [3.63, 3.8) is 0 Å². The number of rotatable bonds is 2. The molecule has 2 aromatic carbocycles. The van der Waals surface area contributed by atoms with E-state index in [0.717, 1.165) is 26.6 Å². The number of aromatic nitrogens is 3. The van der Waals surface area contributed by atoms with E-state index in [1.165, 1.54) is 16.8 Å². The second-order valence-corrected chi connectivity index (χ2v) is 6.93. The van der Waals surface area contributed by atoms with Crippen molar-refractivity contribution < 1.29 is 20.1 Å². The van der Waals surface area contributed by atoms with E-state index < -0.39 is 0 Å². The number of para-hydroxylation sites is 1. The minimum Gasteiger partial charge on any atom is -0.340 e. The number of hydrogen-bond acceptors (Lipinski definition) is 3. The van der Waals surface area contributed by atoms with Crippen LogP contribution in [0.4, 0.5) is 0 Å². The molecular weight excluding hydrogens is 495 g/mol. The summed E-state index contributed by atoms with van der Waals surface area (Å²) in [6, 6.07) is 13.8. The fourth-order valence-corrected chi connectivity index (χ4v) is 3.77. The molecule has 1 radical (unpaired) electrons. The van der Waals surface area contributed by atoms with Crippen molar-refractivity contribution in [2.45, 2.75) is 20.8 Å². The fourth-order valence-electron chi connectivity index (χ4n) is 2.99. The Morgan fingerprint density at radius 3 is 2.62 bits per heavy atom. The SMILES string of the molecule is Cc1nc2cc(-c3nccn3-c3c(C)cccc3C)[c-]cc2s1.[Ir]. The van der Waals surface area contributed by atoms with Gasteiger partial charge in [0.05, 0.1) is 10.8 Å². The van der Waals surface area contributed by atoms with Crippen LogP contribution in [0.25, 0.3) is 27.3 Å². The molecule has 0 aliphatic heterocycles. The predicted molar refractivity (Wildman–Crippen MR) is 95.2 cm³/mol. The minimum absolute atomic E-state index is 0. The van der Waals surface area contributed by atoms with Crippen LogP contribution in [0.5, 0.6) is 0 Å². The molecule has 5 heteroatoms. The van der Waals surface area contributed by atoms with Crippen LogP contribution in [-0.4, -0.2) is 14.5 Å². The minimum atomic E-state index is 0. The Labute approximate surface area is 158 Å². The molecule has 0 fully saturated rings. The third-order valence-corrected chi connectivity index (χ3v) is 4.92. The first-order valence-electron chi connectivity index (χ1n) is 7.52. The zero-order valence-electron chi connectivity index (χ0n) is 13.6. The maximum Gasteiger partial charge on any atom is 0.0796 e. The normalized spacial score (nSPS) is 10.8. The van der Waals surface area contributed by atoms with Crippen LogP contribution in [-0.2, 0) is 20.1 Å². The van der Waals surface area contributed by atoms with Gasteiger partial charge in [0.25, 0.3) is 0 Å². The summed E-state index contributed by atoms with van der Waals surface area (Å²) in [5, 5.41) is 1.07. The number of nitrogens with zero attached hydrogens (tertiary/aromatic N) is 3. The largest absolute Gasteiger partial charge is 0.340 e. The van der Waals surface area contributed by atoms with Gasteiger partial charge in [-0.25, -0.2) is 0 Å². The van der Waals surface area contributed by atoms with Gasteiger partial charge in [0, 0.05) is 38.2 Å². The number of benzene rings is 2. The van der Waals surface area contributed by atoms with Crippen molar-refractivity contribution in [2.24, 2.45) is 0 Å². The van der Waals surface area contributed by atoms with Crippen molar-refractivity contribution >= 4 is 21.6 Å². The zero-order valence-corrected chi connectivity index (χ0v) is 16.8. The van der Waals surface area contributed by atoms with Gasteiger partial charge in [-0.1, -0.05) is 18.2 Å². The van der Waals surface area contributed by atoms with E-state index >= 15 is 0 Å². The maximum atomic E-state index is 4.58. The standard InChI is InChI=1S/C19H16N3S.Ir/c1-12-5-4-6-13(2)18(12)22-10-9-20-19(22)15-7-8-17-16(11-15)21-14(3)23-17;/h4-6,8-11H,1-3H3;/q-1;. The predicted octanol–water partition coefficient (Wildman–Crippen LogP) is 4.87. The Morgan fingerprint density at radius 1 is 1.12 bits per heavy atom. The number of thiazole rings is 1. The molecule has 2 aromatic heterocycles. The van der Waals surface area contributed by atoms with E-state index in [2.05, 4.69) is 58.7 Å². The Morgan fingerprint density at radius 2 is 1.88 bits per heavy atom. The third kappa shape index (κ3) is 2.84. The number of aryl methyl sites for hydroxylation is 3. The number of imidazole rings is 1. The second-order valence-electron chi connectivity index (χ2n) is 5.69. The molecule has 0 bridgehead atoms. The van der Waals surface area contributed by atoms with Gasteiger partial charge in [-0.2, -0.15) is 11.3 Å². The summed E-state index contributed by atoms with van der Waals surface area (Å²) in [4.78, 5) is 9.15. The Kier molecular flexibility index (Phi) is 4.68. The van der Waals surface area contributed by atoms with E-state index in [1.54, 1.807) is 11.3 Å². The molecule has 0 N–H and O–H groups in total. The van der Waals surface area contributed by atoms with Crippen molar-refractivity contribution in [1.82, 2.24) is 14.5 Å². The molecule has 0 amide bonds. The van der Waals surface area contributed by atoms with Crippen LogP contribution in [0.1, 0.15) is 16.1 Å². The number of hydrogen-bond donors (Lipinski definition) is 0. The molecule has 4 rings (SSSR count). The van der Waals surface area contributed by atoms with Crippen LogP contribution >= 0.6 is 11.3 Å². The summed E-state index contributed by atoms with van der Waals surface area (Å²) in [5.74, 6) is 0.898. The molecule has 0 unspecified atom stereocenters. The topological polar surface area (TPSA) is 30.7 Å². The van der Waals surface area contributed by atoms with E-state index in [1.807, 2.05) is 25.4 Å². The fraction of sp³-hybridized carbons (Fsp3) is 0.158. The quantitative estimate of drug-likeness (QED) is 0.360. The summed E-state index contributed by atoms with van der Waals surface area (Å²) >= 11 is 1.69. The average molecular weight is 511 g/mol. The van der Waals surface area contributed by atoms with E-state index in [-0.39, 0.29) is 20.1 Å². The molecular formula is C19H16IrN3S-. The zero-order chi connectivity index (χ0) is 16.0. The number of fused-ring (bicyclic) bond motifs is 1. The molecule has 3 nitrogen and oxygen atoms in total. The van der Waals surface area contributed by atoms with Gasteiger partial charge in [0.1, 0.15) is 0 Å². The molecule has 0 saturated heterocycles. The first-order chi connectivity index (χ1) is 11.1. The van der Waals surface area contributed by atoms with Crippen LogP contribution in [0.2, 0.25) is 0 Å². The third-order valence-electron chi connectivity index (χ3n) is 3.99. The molecule has 24 heavy (non-hydrogen) atoms. The van der Waals surface area contributed by atoms with Crippen molar-refractivity contribution in [3.8, 4) is 17.1 Å². The van der Waals surface area contributed by atoms with Gasteiger partial charge in [0.2, 0.25) is 0 Å². The molecule has 4 aromatic rings. The average Bonchev–Trinajstić information content (AvgIpc) is 3.11. The van der Waals surface area contributed by atoms with Crippen molar-refractivity contribution in [3.05, 3.63) is 64.9 Å². The van der Waals surface area contributed by atoms with Crippen LogP contribution in [0, 0.1) is 26.8 Å². The first kappa shape index (κ1) is 17.0. The van der Waals surface area contributed by atoms with Crippen molar-refractivity contribution in [2.75, 3.05) is 0 Å². The maximum absolute atomic E-state index is 4.58. The van der Waals surface area contributed by atoms with Gasteiger partial charge >= 0.3 is 0 Å². The molecule has 0 aliphatic carbocycles. The summed E-state index contributed by atoms with van der Waals surface area (Å²) in [6.07, 6.45) is 3.85. The Bertz CT molecular complexity index is 996. The second kappa shape index (κ2) is 6.59. The first-order valence-corrected chi connectivity index (χ1v) is 8.34. The molecule has 0 saturated carbocycles.